The summed E-state index contributed by atoms with van der Waals surface area (Å²) in [5.41, 5.74) is 0.478. The van der Waals surface area contributed by atoms with E-state index in [2.05, 4.69) is 5.32 Å². The number of nitrogens with zero attached hydrogens (tertiary/aromatic N) is 1. The maximum Gasteiger partial charge on any atom is 0.306 e. The molecule has 0 aliphatic carbocycles. The Kier molecular flexibility index (Phi) is 7.61. The number of piperidine rings is 1. The minimum Gasteiger partial charge on any atom is -0.481 e. The molecule has 1 heterocycles. The lowest BCUT2D eigenvalue weighted by molar-refractivity contribution is -0.143. The number of carbonyl (C=O) groups excluding carboxylic acids is 1. The second-order valence-electron chi connectivity index (χ2n) is 5.42. The first-order chi connectivity index (χ1) is 10.4. The molecule has 1 fully saturated rings. The van der Waals surface area contributed by atoms with Crippen molar-refractivity contribution in [3.63, 3.8) is 0 Å². The molecule has 0 spiro atoms. The zero-order chi connectivity index (χ0) is 16.3. The Bertz CT molecular complexity index is 575. The van der Waals surface area contributed by atoms with Crippen molar-refractivity contribution in [2.75, 3.05) is 18.4 Å². The molecule has 1 aliphatic heterocycles. The molecule has 8 heteroatoms. The van der Waals surface area contributed by atoms with Crippen LogP contribution in [-0.2, 0) is 9.59 Å². The molecule has 1 saturated heterocycles. The van der Waals surface area contributed by atoms with Crippen molar-refractivity contribution >= 4 is 53.2 Å². The Hall–Kier alpha value is -1.01. The SMILES string of the molecule is CC(C(=O)Nc1cccc(Cl)c1Cl)N1CCC(C(=O)O)CC1.Cl. The Balaban J connectivity index is 0.00000264. The van der Waals surface area contributed by atoms with Gasteiger partial charge in [-0.25, -0.2) is 0 Å². The summed E-state index contributed by atoms with van der Waals surface area (Å²) in [6, 6.07) is 4.70. The van der Waals surface area contributed by atoms with Gasteiger partial charge in [-0.1, -0.05) is 29.3 Å². The Labute approximate surface area is 151 Å². The molecule has 2 N–H and O–H groups in total. The highest BCUT2D eigenvalue weighted by Gasteiger charge is 2.29. The van der Waals surface area contributed by atoms with Gasteiger partial charge in [0.1, 0.15) is 0 Å². The summed E-state index contributed by atoms with van der Waals surface area (Å²) in [7, 11) is 0. The average molecular weight is 382 g/mol. The topological polar surface area (TPSA) is 69.6 Å². The third-order valence-electron chi connectivity index (χ3n) is 4.02. The molecule has 5 nitrogen and oxygen atoms in total. The summed E-state index contributed by atoms with van der Waals surface area (Å²) in [5, 5.41) is 12.5. The monoisotopic (exact) mass is 380 g/mol. The average Bonchev–Trinajstić information content (AvgIpc) is 2.51. The summed E-state index contributed by atoms with van der Waals surface area (Å²) in [6.45, 7) is 2.98. The maximum atomic E-state index is 12.3. The van der Waals surface area contributed by atoms with Gasteiger partial charge in [-0.15, -0.1) is 12.4 Å². The van der Waals surface area contributed by atoms with Crippen molar-refractivity contribution in [3.05, 3.63) is 28.2 Å². The first kappa shape index (κ1) is 20.0. The van der Waals surface area contributed by atoms with Crippen LogP contribution in [0.15, 0.2) is 18.2 Å². The number of halogens is 3. The second kappa shape index (κ2) is 8.73. The molecule has 1 aromatic carbocycles. The molecule has 1 amide bonds. The number of nitrogens with one attached hydrogen (secondary N) is 1. The number of carboxylic acid groups (broad SMARTS) is 1. The standard InChI is InChI=1S/C15H18Cl2N2O3.ClH/c1-9(19-7-5-10(6-8-19)15(21)22)14(20)18-12-4-2-3-11(16)13(12)17;/h2-4,9-10H,5-8H2,1H3,(H,18,20)(H,21,22);1H. The van der Waals surface area contributed by atoms with E-state index in [0.717, 1.165) is 0 Å². The van der Waals surface area contributed by atoms with Crippen LogP contribution in [0.25, 0.3) is 0 Å². The lowest BCUT2D eigenvalue weighted by atomic mass is 9.96. The van der Waals surface area contributed by atoms with Crippen LogP contribution in [0, 0.1) is 5.92 Å². The van der Waals surface area contributed by atoms with Crippen molar-refractivity contribution in [1.29, 1.82) is 0 Å². The summed E-state index contributed by atoms with van der Waals surface area (Å²) >= 11 is 12.0. The Morgan fingerprint density at radius 2 is 1.91 bits per heavy atom. The van der Waals surface area contributed by atoms with Crippen molar-refractivity contribution in [2.45, 2.75) is 25.8 Å². The van der Waals surface area contributed by atoms with Crippen molar-refractivity contribution in [1.82, 2.24) is 4.90 Å². The number of carbonyl (C=O) groups is 2. The predicted octanol–water partition coefficient (Wildman–Crippen LogP) is 3.54. The molecule has 0 bridgehead atoms. The third-order valence-corrected chi connectivity index (χ3v) is 4.83. The van der Waals surface area contributed by atoms with Crippen LogP contribution in [0.1, 0.15) is 19.8 Å². The number of anilines is 1. The van der Waals surface area contributed by atoms with Gasteiger partial charge in [0.15, 0.2) is 0 Å². The number of benzene rings is 1. The second-order valence-corrected chi connectivity index (χ2v) is 6.20. The van der Waals surface area contributed by atoms with Crippen LogP contribution in [0.3, 0.4) is 0 Å². The number of carboxylic acids is 1. The molecule has 0 aromatic heterocycles. The van der Waals surface area contributed by atoms with Gasteiger partial charge in [-0.3, -0.25) is 14.5 Å². The fourth-order valence-corrected chi connectivity index (χ4v) is 2.88. The van der Waals surface area contributed by atoms with E-state index in [1.807, 2.05) is 4.90 Å². The maximum absolute atomic E-state index is 12.3. The molecular weight excluding hydrogens is 363 g/mol. The molecule has 128 valence electrons. The normalized spacial score (nSPS) is 17.2. The van der Waals surface area contributed by atoms with E-state index in [0.29, 0.717) is 41.7 Å². The fourth-order valence-electron chi connectivity index (χ4n) is 2.54. The van der Waals surface area contributed by atoms with Crippen LogP contribution in [0.2, 0.25) is 10.0 Å². The fraction of sp³-hybridized carbons (Fsp3) is 0.467. The number of amides is 1. The summed E-state index contributed by atoms with van der Waals surface area (Å²) in [4.78, 5) is 25.2. The van der Waals surface area contributed by atoms with E-state index in [1.165, 1.54) is 0 Å². The number of hydrogen-bond acceptors (Lipinski definition) is 3. The van der Waals surface area contributed by atoms with Crippen LogP contribution in [0.4, 0.5) is 5.69 Å². The van der Waals surface area contributed by atoms with Gasteiger partial charge >= 0.3 is 5.97 Å². The largest absolute Gasteiger partial charge is 0.481 e. The highest BCUT2D eigenvalue weighted by Crippen LogP contribution is 2.30. The summed E-state index contributed by atoms with van der Waals surface area (Å²) < 4.78 is 0. The van der Waals surface area contributed by atoms with Crippen LogP contribution in [0.5, 0.6) is 0 Å². The Morgan fingerprint density at radius 3 is 2.48 bits per heavy atom. The van der Waals surface area contributed by atoms with Gasteiger partial charge in [-0.05, 0) is 45.0 Å². The third kappa shape index (κ3) is 4.98. The van der Waals surface area contributed by atoms with E-state index in [-0.39, 0.29) is 30.3 Å². The van der Waals surface area contributed by atoms with E-state index in [9.17, 15) is 9.59 Å². The Morgan fingerprint density at radius 1 is 1.30 bits per heavy atom. The van der Waals surface area contributed by atoms with Gasteiger partial charge in [0.2, 0.25) is 5.91 Å². The first-order valence-electron chi connectivity index (χ1n) is 7.12. The molecule has 1 aliphatic rings. The predicted molar refractivity (Wildman–Crippen MR) is 93.7 cm³/mol. The first-order valence-corrected chi connectivity index (χ1v) is 7.87. The zero-order valence-electron chi connectivity index (χ0n) is 12.6. The highest BCUT2D eigenvalue weighted by molar-refractivity contribution is 6.44. The zero-order valence-corrected chi connectivity index (χ0v) is 14.9. The van der Waals surface area contributed by atoms with Crippen LogP contribution >= 0.6 is 35.6 Å². The van der Waals surface area contributed by atoms with Crippen molar-refractivity contribution < 1.29 is 14.7 Å². The molecule has 0 radical (unpaired) electrons. The molecule has 1 atom stereocenters. The van der Waals surface area contributed by atoms with E-state index < -0.39 is 5.97 Å². The summed E-state index contributed by atoms with van der Waals surface area (Å²) in [6.07, 6.45) is 1.12. The number of likely N-dealkylation sites (tertiary alicyclic amines) is 1. The minimum absolute atomic E-state index is 0. The number of rotatable bonds is 4. The lowest BCUT2D eigenvalue weighted by Gasteiger charge is -2.33. The van der Waals surface area contributed by atoms with E-state index >= 15 is 0 Å². The molecule has 1 aromatic rings. The van der Waals surface area contributed by atoms with E-state index in [1.54, 1.807) is 25.1 Å². The molecule has 1 unspecified atom stereocenters. The van der Waals surface area contributed by atoms with Gasteiger partial charge < -0.3 is 10.4 Å². The quantitative estimate of drug-likeness (QED) is 0.837. The smallest absolute Gasteiger partial charge is 0.306 e. The number of aliphatic carboxylic acids is 1. The molecule has 2 rings (SSSR count). The molecule has 23 heavy (non-hydrogen) atoms. The van der Waals surface area contributed by atoms with Crippen LogP contribution < -0.4 is 5.32 Å². The van der Waals surface area contributed by atoms with Crippen molar-refractivity contribution in [3.8, 4) is 0 Å². The summed E-state index contributed by atoms with van der Waals surface area (Å²) in [5.74, 6) is -1.26. The van der Waals surface area contributed by atoms with E-state index in [4.69, 9.17) is 28.3 Å². The number of hydrogen-bond donors (Lipinski definition) is 2. The van der Waals surface area contributed by atoms with Crippen LogP contribution in [-0.4, -0.2) is 41.0 Å². The van der Waals surface area contributed by atoms with Gasteiger partial charge in [-0.2, -0.15) is 0 Å². The minimum atomic E-state index is -0.762. The molecule has 0 saturated carbocycles. The lowest BCUT2D eigenvalue weighted by Crippen LogP contribution is -2.47. The highest BCUT2D eigenvalue weighted by atomic mass is 35.5. The van der Waals surface area contributed by atoms with Gasteiger partial charge in [0.05, 0.1) is 27.7 Å². The molecular formula is C15H19Cl3N2O3. The van der Waals surface area contributed by atoms with Crippen molar-refractivity contribution in [2.24, 2.45) is 5.92 Å². The van der Waals surface area contributed by atoms with Gasteiger partial charge in [0, 0.05) is 0 Å². The van der Waals surface area contributed by atoms with Gasteiger partial charge in [0.25, 0.3) is 0 Å².